The van der Waals surface area contributed by atoms with Crippen molar-refractivity contribution in [2.75, 3.05) is 26.2 Å². The van der Waals surface area contributed by atoms with Crippen molar-refractivity contribution in [1.29, 1.82) is 0 Å². The minimum atomic E-state index is 0.225. The molecule has 3 aliphatic heterocycles. The molecule has 2 aromatic rings. The lowest BCUT2D eigenvalue weighted by Gasteiger charge is -2.32. The molecule has 2 saturated heterocycles. The van der Waals surface area contributed by atoms with Crippen LogP contribution in [0.3, 0.4) is 0 Å². The van der Waals surface area contributed by atoms with Crippen LogP contribution in [0, 0.1) is 0 Å². The highest BCUT2D eigenvalue weighted by Gasteiger charge is 2.34. The van der Waals surface area contributed by atoms with Crippen LogP contribution in [0.25, 0.3) is 0 Å². The third-order valence-electron chi connectivity index (χ3n) is 7.05. The fraction of sp³-hybridized carbons (Fsp3) is 0.480. The molecule has 2 aromatic carbocycles. The highest BCUT2D eigenvalue weighted by Crippen LogP contribution is 2.33. The average Bonchev–Trinajstić information content (AvgIpc) is 3.12. The zero-order chi connectivity index (χ0) is 20.5. The van der Waals surface area contributed by atoms with Crippen molar-refractivity contribution < 1.29 is 4.79 Å². The van der Waals surface area contributed by atoms with Crippen molar-refractivity contribution in [3.05, 3.63) is 69.7 Å². The standard InChI is InChI=1S/C25H30ClN3O/c26-22-6-3-18(4-7-22)16-28-12-9-19(10-13-28)20-5-8-24-21(14-20)17-29(25(24)30)23-2-1-11-27-15-23/h3-8,14,19,23,27H,1-2,9-13,15-17H2. The summed E-state index contributed by atoms with van der Waals surface area (Å²) in [5, 5.41) is 4.24. The first-order valence-corrected chi connectivity index (χ1v) is 11.7. The van der Waals surface area contributed by atoms with Crippen LogP contribution in [0.1, 0.15) is 58.6 Å². The van der Waals surface area contributed by atoms with E-state index in [0.717, 1.165) is 62.7 Å². The molecule has 1 unspecified atom stereocenters. The number of carbonyl (C=O) groups excluding carboxylic acids is 1. The number of carbonyl (C=O) groups is 1. The second-order valence-corrected chi connectivity index (χ2v) is 9.46. The molecule has 5 rings (SSSR count). The summed E-state index contributed by atoms with van der Waals surface area (Å²) in [6.07, 6.45) is 4.63. The third kappa shape index (κ3) is 4.14. The van der Waals surface area contributed by atoms with E-state index in [4.69, 9.17) is 11.6 Å². The molecular formula is C25H30ClN3O. The van der Waals surface area contributed by atoms with E-state index in [0.29, 0.717) is 12.0 Å². The number of benzene rings is 2. The molecular weight excluding hydrogens is 394 g/mol. The molecule has 1 N–H and O–H groups in total. The zero-order valence-corrected chi connectivity index (χ0v) is 18.2. The summed E-state index contributed by atoms with van der Waals surface area (Å²) in [5.74, 6) is 0.820. The minimum Gasteiger partial charge on any atom is -0.330 e. The normalized spacial score (nSPS) is 23.0. The highest BCUT2D eigenvalue weighted by molar-refractivity contribution is 6.30. The van der Waals surface area contributed by atoms with Gasteiger partial charge in [-0.1, -0.05) is 35.9 Å². The Bertz CT molecular complexity index is 899. The number of rotatable bonds is 4. The molecule has 0 radical (unpaired) electrons. The number of nitrogens with one attached hydrogen (secondary N) is 1. The number of hydrogen-bond acceptors (Lipinski definition) is 3. The van der Waals surface area contributed by atoms with Gasteiger partial charge in [0.15, 0.2) is 0 Å². The van der Waals surface area contributed by atoms with Crippen molar-refractivity contribution >= 4 is 17.5 Å². The van der Waals surface area contributed by atoms with E-state index in [1.165, 1.54) is 29.5 Å². The number of amides is 1. The molecule has 3 heterocycles. The molecule has 0 spiro atoms. The average molecular weight is 424 g/mol. The van der Waals surface area contributed by atoms with E-state index in [1.807, 2.05) is 12.1 Å². The van der Waals surface area contributed by atoms with Gasteiger partial charge >= 0.3 is 0 Å². The van der Waals surface area contributed by atoms with Gasteiger partial charge in [0.1, 0.15) is 0 Å². The summed E-state index contributed by atoms with van der Waals surface area (Å²) in [6.45, 7) is 6.01. The fourth-order valence-electron chi connectivity index (χ4n) is 5.28. The lowest BCUT2D eigenvalue weighted by Crippen LogP contribution is -2.46. The summed E-state index contributed by atoms with van der Waals surface area (Å²) in [5.41, 5.74) is 4.89. The summed E-state index contributed by atoms with van der Waals surface area (Å²) >= 11 is 6.00. The maximum absolute atomic E-state index is 12.9. The Hall–Kier alpha value is -1.88. The van der Waals surface area contributed by atoms with Crippen LogP contribution in [0.4, 0.5) is 0 Å². The van der Waals surface area contributed by atoms with Crippen LogP contribution < -0.4 is 5.32 Å². The van der Waals surface area contributed by atoms with Crippen LogP contribution in [0.5, 0.6) is 0 Å². The van der Waals surface area contributed by atoms with E-state index in [1.54, 1.807) is 0 Å². The lowest BCUT2D eigenvalue weighted by molar-refractivity contribution is 0.0674. The third-order valence-corrected chi connectivity index (χ3v) is 7.30. The first kappa shape index (κ1) is 20.0. The van der Waals surface area contributed by atoms with E-state index in [2.05, 4.69) is 45.4 Å². The molecule has 0 saturated carbocycles. The molecule has 1 atom stereocenters. The van der Waals surface area contributed by atoms with Crippen molar-refractivity contribution in [2.24, 2.45) is 0 Å². The Morgan fingerprint density at radius 1 is 1.03 bits per heavy atom. The summed E-state index contributed by atoms with van der Waals surface area (Å²) in [7, 11) is 0. The van der Waals surface area contributed by atoms with Crippen molar-refractivity contribution in [3.63, 3.8) is 0 Å². The van der Waals surface area contributed by atoms with Gasteiger partial charge in [-0.15, -0.1) is 0 Å². The van der Waals surface area contributed by atoms with Gasteiger partial charge in [0.05, 0.1) is 0 Å². The van der Waals surface area contributed by atoms with Crippen molar-refractivity contribution in [3.8, 4) is 0 Å². The Morgan fingerprint density at radius 3 is 2.57 bits per heavy atom. The summed E-state index contributed by atoms with van der Waals surface area (Å²) in [4.78, 5) is 17.5. The van der Waals surface area contributed by atoms with Crippen LogP contribution >= 0.6 is 11.6 Å². The molecule has 0 bridgehead atoms. The predicted molar refractivity (Wildman–Crippen MR) is 121 cm³/mol. The predicted octanol–water partition coefficient (Wildman–Crippen LogP) is 4.43. The molecule has 0 aliphatic carbocycles. The molecule has 1 amide bonds. The summed E-state index contributed by atoms with van der Waals surface area (Å²) < 4.78 is 0. The van der Waals surface area contributed by atoms with E-state index < -0.39 is 0 Å². The summed E-state index contributed by atoms with van der Waals surface area (Å²) in [6, 6.07) is 15.2. The van der Waals surface area contributed by atoms with Gasteiger partial charge in [-0.05, 0) is 86.1 Å². The minimum absolute atomic E-state index is 0.225. The number of fused-ring (bicyclic) bond motifs is 1. The van der Waals surface area contributed by atoms with Crippen LogP contribution in [-0.4, -0.2) is 47.9 Å². The van der Waals surface area contributed by atoms with Crippen molar-refractivity contribution in [2.45, 2.75) is 50.7 Å². The number of halogens is 1. The molecule has 2 fully saturated rings. The molecule has 4 nitrogen and oxygen atoms in total. The monoisotopic (exact) mass is 423 g/mol. The van der Waals surface area contributed by atoms with E-state index in [9.17, 15) is 4.79 Å². The molecule has 158 valence electrons. The Labute approximate surface area is 184 Å². The molecule has 5 heteroatoms. The number of nitrogens with zero attached hydrogens (tertiary/aromatic N) is 2. The number of piperidine rings is 2. The van der Waals surface area contributed by atoms with Gasteiger partial charge in [-0.3, -0.25) is 9.69 Å². The first-order valence-electron chi connectivity index (χ1n) is 11.3. The largest absolute Gasteiger partial charge is 0.330 e. The smallest absolute Gasteiger partial charge is 0.254 e. The van der Waals surface area contributed by atoms with Gasteiger partial charge in [0.25, 0.3) is 5.91 Å². The van der Waals surface area contributed by atoms with Crippen LogP contribution in [-0.2, 0) is 13.1 Å². The van der Waals surface area contributed by atoms with Crippen molar-refractivity contribution in [1.82, 2.24) is 15.1 Å². The topological polar surface area (TPSA) is 35.6 Å². The van der Waals surface area contributed by atoms with E-state index >= 15 is 0 Å². The maximum atomic E-state index is 12.9. The SMILES string of the molecule is O=C1c2ccc(C3CCN(Cc4ccc(Cl)cc4)CC3)cc2CN1C1CCCNC1. The Balaban J connectivity index is 1.21. The van der Waals surface area contributed by atoms with Gasteiger partial charge in [0.2, 0.25) is 0 Å². The van der Waals surface area contributed by atoms with E-state index in [-0.39, 0.29) is 5.91 Å². The van der Waals surface area contributed by atoms with Crippen LogP contribution in [0.2, 0.25) is 5.02 Å². The molecule has 3 aliphatic rings. The lowest BCUT2D eigenvalue weighted by atomic mass is 9.87. The van der Waals surface area contributed by atoms with Gasteiger partial charge in [-0.25, -0.2) is 0 Å². The molecule has 0 aromatic heterocycles. The van der Waals surface area contributed by atoms with Gasteiger partial charge < -0.3 is 10.2 Å². The number of likely N-dealkylation sites (tertiary alicyclic amines) is 1. The van der Waals surface area contributed by atoms with Gasteiger partial charge in [0, 0.05) is 36.3 Å². The number of hydrogen-bond donors (Lipinski definition) is 1. The quantitative estimate of drug-likeness (QED) is 0.790. The highest BCUT2D eigenvalue weighted by atomic mass is 35.5. The van der Waals surface area contributed by atoms with Crippen LogP contribution in [0.15, 0.2) is 42.5 Å². The second-order valence-electron chi connectivity index (χ2n) is 9.03. The Morgan fingerprint density at radius 2 is 1.83 bits per heavy atom. The Kier molecular flexibility index (Phi) is 5.81. The van der Waals surface area contributed by atoms with Gasteiger partial charge in [-0.2, -0.15) is 0 Å². The zero-order valence-electron chi connectivity index (χ0n) is 17.4. The second kappa shape index (κ2) is 8.70. The molecule has 30 heavy (non-hydrogen) atoms. The first-order chi connectivity index (χ1) is 14.7. The maximum Gasteiger partial charge on any atom is 0.254 e. The fourth-order valence-corrected chi connectivity index (χ4v) is 5.41.